The molecule has 0 unspecified atom stereocenters. The summed E-state index contributed by atoms with van der Waals surface area (Å²) >= 11 is 0. The van der Waals surface area contributed by atoms with Crippen molar-refractivity contribution in [2.75, 3.05) is 0 Å². The van der Waals surface area contributed by atoms with Gasteiger partial charge in [0.2, 0.25) is 0 Å². The lowest BCUT2D eigenvalue weighted by Crippen LogP contribution is -2.08. The zero-order valence-corrected chi connectivity index (χ0v) is 8.11. The van der Waals surface area contributed by atoms with E-state index in [-0.39, 0.29) is 0 Å². The van der Waals surface area contributed by atoms with E-state index in [1.54, 1.807) is 0 Å². The van der Waals surface area contributed by atoms with Gasteiger partial charge in [0.25, 0.3) is 0 Å². The first kappa shape index (κ1) is 8.83. The van der Waals surface area contributed by atoms with Crippen molar-refractivity contribution >= 4 is 0 Å². The summed E-state index contributed by atoms with van der Waals surface area (Å²) in [6.45, 7) is 6.82. The maximum atomic E-state index is 2.43. The minimum atomic E-state index is 0.650. The molecule has 1 rings (SSSR count). The topological polar surface area (TPSA) is 0 Å². The summed E-state index contributed by atoms with van der Waals surface area (Å²) in [5.41, 5.74) is 2.12. The summed E-state index contributed by atoms with van der Waals surface area (Å²) in [6, 6.07) is 0. The highest BCUT2D eigenvalue weighted by molar-refractivity contribution is 4.97. The SMILES string of the molecule is CC(C)=CCC1(C)CCCC1. The van der Waals surface area contributed by atoms with E-state index in [0.717, 1.165) is 0 Å². The zero-order valence-electron chi connectivity index (χ0n) is 8.11. The van der Waals surface area contributed by atoms with Crippen LogP contribution in [-0.2, 0) is 0 Å². The van der Waals surface area contributed by atoms with Gasteiger partial charge < -0.3 is 0 Å². The Morgan fingerprint density at radius 1 is 1.27 bits per heavy atom. The Hall–Kier alpha value is -0.260. The van der Waals surface area contributed by atoms with Crippen molar-refractivity contribution in [1.82, 2.24) is 0 Å². The van der Waals surface area contributed by atoms with E-state index in [1.165, 1.54) is 37.7 Å². The maximum absolute atomic E-state index is 2.43. The lowest BCUT2D eigenvalue weighted by molar-refractivity contribution is 0.341. The van der Waals surface area contributed by atoms with Gasteiger partial charge in [-0.15, -0.1) is 0 Å². The fourth-order valence-electron chi connectivity index (χ4n) is 1.88. The molecule has 0 aromatic rings. The van der Waals surface area contributed by atoms with Crippen LogP contribution in [0.4, 0.5) is 0 Å². The molecule has 1 aliphatic carbocycles. The zero-order chi connectivity index (χ0) is 8.32. The second kappa shape index (κ2) is 3.42. The molecule has 0 bridgehead atoms. The molecule has 11 heavy (non-hydrogen) atoms. The van der Waals surface area contributed by atoms with Crippen LogP contribution < -0.4 is 0 Å². The van der Waals surface area contributed by atoms with Crippen molar-refractivity contribution in [2.24, 2.45) is 5.41 Å². The number of hydrogen-bond donors (Lipinski definition) is 0. The molecule has 1 aliphatic rings. The molecule has 0 N–H and O–H groups in total. The van der Waals surface area contributed by atoms with Gasteiger partial charge in [-0.05, 0) is 38.5 Å². The van der Waals surface area contributed by atoms with Crippen LogP contribution in [0.3, 0.4) is 0 Å². The lowest BCUT2D eigenvalue weighted by atomic mass is 9.85. The summed E-state index contributed by atoms with van der Waals surface area (Å²) in [6.07, 6.45) is 9.48. The highest BCUT2D eigenvalue weighted by atomic mass is 14.3. The Balaban J connectivity index is 2.40. The Morgan fingerprint density at radius 2 is 1.82 bits per heavy atom. The smallest absolute Gasteiger partial charge is 0.0291 e. The normalized spacial score (nSPS) is 21.7. The first-order chi connectivity index (χ1) is 5.12. The maximum Gasteiger partial charge on any atom is -0.0291 e. The van der Waals surface area contributed by atoms with Crippen LogP contribution >= 0.6 is 0 Å². The highest BCUT2D eigenvalue weighted by Gasteiger charge is 2.26. The van der Waals surface area contributed by atoms with E-state index in [1.807, 2.05) is 0 Å². The van der Waals surface area contributed by atoms with E-state index in [9.17, 15) is 0 Å². The summed E-state index contributed by atoms with van der Waals surface area (Å²) in [4.78, 5) is 0. The predicted molar refractivity (Wildman–Crippen MR) is 50.6 cm³/mol. The minimum Gasteiger partial charge on any atom is -0.0853 e. The van der Waals surface area contributed by atoms with Crippen LogP contribution in [0, 0.1) is 5.41 Å². The molecule has 0 amide bonds. The average molecular weight is 152 g/mol. The third kappa shape index (κ3) is 2.69. The molecule has 0 heterocycles. The van der Waals surface area contributed by atoms with Crippen molar-refractivity contribution in [3.63, 3.8) is 0 Å². The van der Waals surface area contributed by atoms with E-state index < -0.39 is 0 Å². The van der Waals surface area contributed by atoms with Crippen LogP contribution in [0.1, 0.15) is 52.9 Å². The molecular formula is C11H20. The molecular weight excluding hydrogens is 132 g/mol. The average Bonchev–Trinajstić information content (AvgIpc) is 2.33. The van der Waals surface area contributed by atoms with Gasteiger partial charge in [0.05, 0.1) is 0 Å². The summed E-state index contributed by atoms with van der Waals surface area (Å²) in [5.74, 6) is 0. The quantitative estimate of drug-likeness (QED) is 0.526. The van der Waals surface area contributed by atoms with E-state index in [4.69, 9.17) is 0 Å². The van der Waals surface area contributed by atoms with Gasteiger partial charge in [-0.1, -0.05) is 31.4 Å². The van der Waals surface area contributed by atoms with Gasteiger partial charge in [-0.2, -0.15) is 0 Å². The number of rotatable bonds is 2. The first-order valence-corrected chi connectivity index (χ1v) is 4.76. The standard InChI is InChI=1S/C11H20/c1-10(2)6-9-11(3)7-4-5-8-11/h6H,4-5,7-9H2,1-3H3. The number of hydrogen-bond acceptors (Lipinski definition) is 0. The van der Waals surface area contributed by atoms with Crippen LogP contribution in [0.15, 0.2) is 11.6 Å². The molecule has 64 valence electrons. The fourth-order valence-corrected chi connectivity index (χ4v) is 1.88. The molecule has 1 fully saturated rings. The van der Waals surface area contributed by atoms with Gasteiger partial charge in [-0.25, -0.2) is 0 Å². The minimum absolute atomic E-state index is 0.650. The molecule has 0 saturated heterocycles. The molecule has 1 saturated carbocycles. The van der Waals surface area contributed by atoms with E-state index in [2.05, 4.69) is 26.8 Å². The monoisotopic (exact) mass is 152 g/mol. The first-order valence-electron chi connectivity index (χ1n) is 4.76. The van der Waals surface area contributed by atoms with Gasteiger partial charge in [0.15, 0.2) is 0 Å². The second-order valence-corrected chi connectivity index (χ2v) is 4.50. The predicted octanol–water partition coefficient (Wildman–Crippen LogP) is 3.92. The van der Waals surface area contributed by atoms with Crippen LogP contribution in [0.25, 0.3) is 0 Å². The van der Waals surface area contributed by atoms with Gasteiger partial charge in [-0.3, -0.25) is 0 Å². The Morgan fingerprint density at radius 3 is 2.27 bits per heavy atom. The van der Waals surface area contributed by atoms with Crippen molar-refractivity contribution in [3.05, 3.63) is 11.6 Å². The van der Waals surface area contributed by atoms with Crippen LogP contribution in [-0.4, -0.2) is 0 Å². The molecule has 0 aliphatic heterocycles. The largest absolute Gasteiger partial charge is 0.0853 e. The van der Waals surface area contributed by atoms with Gasteiger partial charge in [0, 0.05) is 0 Å². The van der Waals surface area contributed by atoms with Crippen molar-refractivity contribution < 1.29 is 0 Å². The van der Waals surface area contributed by atoms with Crippen LogP contribution in [0.5, 0.6) is 0 Å². The Kier molecular flexibility index (Phi) is 2.75. The molecule has 0 aromatic heterocycles. The van der Waals surface area contributed by atoms with Gasteiger partial charge in [0.1, 0.15) is 0 Å². The third-order valence-corrected chi connectivity index (χ3v) is 2.81. The number of allylic oxidation sites excluding steroid dienone is 2. The molecule has 0 spiro atoms. The van der Waals surface area contributed by atoms with Gasteiger partial charge >= 0.3 is 0 Å². The molecule has 0 nitrogen and oxygen atoms in total. The Labute approximate surface area is 70.7 Å². The van der Waals surface area contributed by atoms with Crippen molar-refractivity contribution in [2.45, 2.75) is 52.9 Å². The highest BCUT2D eigenvalue weighted by Crippen LogP contribution is 2.40. The van der Waals surface area contributed by atoms with Crippen LogP contribution in [0.2, 0.25) is 0 Å². The fraction of sp³-hybridized carbons (Fsp3) is 0.818. The molecule has 0 aromatic carbocycles. The Bertz CT molecular complexity index is 143. The lowest BCUT2D eigenvalue weighted by Gasteiger charge is -2.21. The molecule has 0 atom stereocenters. The van der Waals surface area contributed by atoms with Crippen molar-refractivity contribution in [3.8, 4) is 0 Å². The molecule has 0 radical (unpaired) electrons. The summed E-state index contributed by atoms with van der Waals surface area (Å²) < 4.78 is 0. The van der Waals surface area contributed by atoms with E-state index >= 15 is 0 Å². The van der Waals surface area contributed by atoms with E-state index in [0.29, 0.717) is 5.41 Å². The second-order valence-electron chi connectivity index (χ2n) is 4.50. The van der Waals surface area contributed by atoms with Crippen molar-refractivity contribution in [1.29, 1.82) is 0 Å². The molecule has 0 heteroatoms. The summed E-state index contributed by atoms with van der Waals surface area (Å²) in [7, 11) is 0. The third-order valence-electron chi connectivity index (χ3n) is 2.81. The summed E-state index contributed by atoms with van der Waals surface area (Å²) in [5, 5.41) is 0.